The first kappa shape index (κ1) is 19.5. The number of halogens is 1. The summed E-state index contributed by atoms with van der Waals surface area (Å²) >= 11 is 0. The molecule has 0 spiro atoms. The number of hydrogen-bond donors (Lipinski definition) is 1. The van der Waals surface area contributed by atoms with Gasteiger partial charge in [-0.1, -0.05) is 39.0 Å². The lowest BCUT2D eigenvalue weighted by molar-refractivity contribution is -0.0663. The van der Waals surface area contributed by atoms with E-state index in [1.807, 2.05) is 26.8 Å². The lowest BCUT2D eigenvalue weighted by atomic mass is 9.83. The zero-order valence-corrected chi connectivity index (χ0v) is 16.8. The third-order valence-corrected chi connectivity index (χ3v) is 6.20. The number of alkyl halides is 1. The molecule has 3 heterocycles. The topological polar surface area (TPSA) is 68.5 Å². The summed E-state index contributed by atoms with van der Waals surface area (Å²) in [5.41, 5.74) is 1.27. The largest absolute Gasteiger partial charge is 0.362 e. The van der Waals surface area contributed by atoms with Crippen molar-refractivity contribution in [2.75, 3.05) is 5.32 Å². The predicted molar refractivity (Wildman–Crippen MR) is 109 cm³/mol. The minimum absolute atomic E-state index is 0.216. The molecule has 1 N–H and O–H groups in total. The van der Waals surface area contributed by atoms with E-state index in [0.717, 1.165) is 12.8 Å². The highest BCUT2D eigenvalue weighted by Gasteiger charge is 2.52. The van der Waals surface area contributed by atoms with Crippen LogP contribution in [0.5, 0.6) is 0 Å². The summed E-state index contributed by atoms with van der Waals surface area (Å²) in [7, 11) is 0. The maximum atomic E-state index is 15.2. The van der Waals surface area contributed by atoms with Crippen molar-refractivity contribution in [3.63, 3.8) is 0 Å². The zero-order chi connectivity index (χ0) is 20.6. The Balaban J connectivity index is 1.67. The van der Waals surface area contributed by atoms with Crippen LogP contribution in [-0.4, -0.2) is 32.3 Å². The zero-order valence-electron chi connectivity index (χ0n) is 16.8. The molecular formula is C22H25FN4O2. The van der Waals surface area contributed by atoms with Gasteiger partial charge in [-0.25, -0.2) is 13.9 Å². The Morgan fingerprint density at radius 3 is 2.59 bits per heavy atom. The van der Waals surface area contributed by atoms with Crippen LogP contribution in [0.25, 0.3) is 5.52 Å². The fraction of sp³-hybridized carbons (Fsp3) is 0.409. The molecule has 4 rings (SSSR count). The Labute approximate surface area is 169 Å². The summed E-state index contributed by atoms with van der Waals surface area (Å²) in [5, 5.41) is 7.11. The average molecular weight is 396 g/mol. The first-order chi connectivity index (χ1) is 14.0. The number of ether oxygens (including phenoxy) is 1. The molecule has 3 aromatic rings. The van der Waals surface area contributed by atoms with Crippen LogP contribution in [0.3, 0.4) is 0 Å². The Morgan fingerprint density at radius 1 is 1.21 bits per heavy atom. The van der Waals surface area contributed by atoms with Gasteiger partial charge < -0.3 is 10.1 Å². The molecule has 0 unspecified atom stereocenters. The SMILES string of the molecule is CCC1(CC)O[C@@H](c2ccc3c(NC(=O)c4ccccc4)ncnn23)[C@H](F)[C@@H]1C. The number of anilines is 1. The molecule has 1 saturated heterocycles. The van der Waals surface area contributed by atoms with Crippen molar-refractivity contribution >= 4 is 17.2 Å². The number of carbonyl (C=O) groups excluding carboxylic acids is 1. The van der Waals surface area contributed by atoms with E-state index in [0.29, 0.717) is 22.6 Å². The predicted octanol–water partition coefficient (Wildman–Crippen LogP) is 4.59. The molecule has 1 aliphatic rings. The fourth-order valence-corrected chi connectivity index (χ4v) is 4.30. The van der Waals surface area contributed by atoms with Gasteiger partial charge in [-0.15, -0.1) is 0 Å². The molecule has 6 nitrogen and oxygen atoms in total. The van der Waals surface area contributed by atoms with Gasteiger partial charge in [0.2, 0.25) is 0 Å². The minimum Gasteiger partial charge on any atom is -0.362 e. The Morgan fingerprint density at radius 2 is 1.93 bits per heavy atom. The maximum Gasteiger partial charge on any atom is 0.256 e. The van der Waals surface area contributed by atoms with Crippen molar-refractivity contribution in [1.29, 1.82) is 0 Å². The number of aromatic nitrogens is 3. The van der Waals surface area contributed by atoms with E-state index >= 15 is 4.39 Å². The normalized spacial score (nSPS) is 23.4. The molecule has 29 heavy (non-hydrogen) atoms. The third-order valence-electron chi connectivity index (χ3n) is 6.20. The van der Waals surface area contributed by atoms with Crippen LogP contribution >= 0.6 is 0 Å². The summed E-state index contributed by atoms with van der Waals surface area (Å²) < 4.78 is 23.1. The van der Waals surface area contributed by atoms with Crippen LogP contribution in [0, 0.1) is 5.92 Å². The molecule has 0 radical (unpaired) electrons. The summed E-state index contributed by atoms with van der Waals surface area (Å²) in [5.74, 6) is -0.106. The number of nitrogens with zero attached hydrogens (tertiary/aromatic N) is 3. The van der Waals surface area contributed by atoms with Crippen molar-refractivity contribution < 1.29 is 13.9 Å². The van der Waals surface area contributed by atoms with Crippen LogP contribution in [0.15, 0.2) is 48.8 Å². The van der Waals surface area contributed by atoms with Crippen LogP contribution in [0.1, 0.15) is 55.8 Å². The van der Waals surface area contributed by atoms with Gasteiger partial charge in [-0.05, 0) is 37.1 Å². The molecule has 1 aromatic carbocycles. The standard InChI is InChI=1S/C22H25FN4O2/c1-4-22(5-2)14(3)18(23)19(29-22)16-11-12-17-20(24-13-25-27(16)17)26-21(28)15-9-7-6-8-10-15/h6-14,18-19H,4-5H2,1-3H3,(H,24,25,26,28)/t14-,18+,19-/m0/s1. The average Bonchev–Trinajstić information content (AvgIpc) is 3.29. The molecule has 152 valence electrons. The monoisotopic (exact) mass is 396 g/mol. The number of rotatable bonds is 5. The van der Waals surface area contributed by atoms with Gasteiger partial charge in [0.15, 0.2) is 5.82 Å². The summed E-state index contributed by atoms with van der Waals surface area (Å²) in [4.78, 5) is 16.7. The number of amides is 1. The lowest BCUT2D eigenvalue weighted by Gasteiger charge is -2.30. The number of fused-ring (bicyclic) bond motifs is 1. The second-order valence-electron chi connectivity index (χ2n) is 7.53. The van der Waals surface area contributed by atoms with E-state index in [9.17, 15) is 4.79 Å². The summed E-state index contributed by atoms with van der Waals surface area (Å²) in [6.45, 7) is 5.98. The first-order valence-electron chi connectivity index (χ1n) is 10.0. The fourth-order valence-electron chi connectivity index (χ4n) is 4.30. The number of benzene rings is 1. The number of nitrogens with one attached hydrogen (secondary N) is 1. The van der Waals surface area contributed by atoms with Crippen molar-refractivity contribution in [3.8, 4) is 0 Å². The van der Waals surface area contributed by atoms with E-state index < -0.39 is 17.9 Å². The maximum absolute atomic E-state index is 15.2. The number of hydrogen-bond acceptors (Lipinski definition) is 4. The molecule has 1 amide bonds. The quantitative estimate of drug-likeness (QED) is 0.685. The van der Waals surface area contributed by atoms with E-state index in [1.54, 1.807) is 40.9 Å². The van der Waals surface area contributed by atoms with Crippen molar-refractivity contribution in [1.82, 2.24) is 14.6 Å². The highest BCUT2D eigenvalue weighted by Crippen LogP contribution is 2.49. The second-order valence-corrected chi connectivity index (χ2v) is 7.53. The van der Waals surface area contributed by atoms with Crippen molar-refractivity contribution in [3.05, 3.63) is 60.0 Å². The van der Waals surface area contributed by atoms with Crippen molar-refractivity contribution in [2.24, 2.45) is 5.92 Å². The van der Waals surface area contributed by atoms with Gasteiger partial charge in [0, 0.05) is 11.5 Å². The van der Waals surface area contributed by atoms with Gasteiger partial charge in [-0.3, -0.25) is 4.79 Å². The van der Waals surface area contributed by atoms with Gasteiger partial charge >= 0.3 is 0 Å². The molecule has 1 fully saturated rings. The lowest BCUT2D eigenvalue weighted by Crippen LogP contribution is -2.34. The van der Waals surface area contributed by atoms with E-state index in [2.05, 4.69) is 15.4 Å². The molecule has 7 heteroatoms. The summed E-state index contributed by atoms with van der Waals surface area (Å²) in [6.07, 6.45) is 1.01. The molecule has 0 saturated carbocycles. The Bertz CT molecular complexity index is 1020. The molecule has 0 aliphatic carbocycles. The van der Waals surface area contributed by atoms with Crippen LogP contribution in [0.2, 0.25) is 0 Å². The van der Waals surface area contributed by atoms with Crippen molar-refractivity contribution in [2.45, 2.75) is 51.5 Å². The minimum atomic E-state index is -1.13. The van der Waals surface area contributed by atoms with E-state index in [1.165, 1.54) is 6.33 Å². The van der Waals surface area contributed by atoms with E-state index in [4.69, 9.17) is 4.74 Å². The first-order valence-corrected chi connectivity index (χ1v) is 10.0. The second kappa shape index (κ2) is 7.55. The highest BCUT2D eigenvalue weighted by molar-refractivity contribution is 6.05. The molecule has 3 atom stereocenters. The molecular weight excluding hydrogens is 371 g/mol. The third kappa shape index (κ3) is 3.19. The molecule has 2 aromatic heterocycles. The van der Waals surface area contributed by atoms with Gasteiger partial charge in [-0.2, -0.15) is 5.10 Å². The van der Waals surface area contributed by atoms with Crippen LogP contribution < -0.4 is 5.32 Å². The van der Waals surface area contributed by atoms with E-state index in [-0.39, 0.29) is 11.8 Å². The van der Waals surface area contributed by atoms with Gasteiger partial charge in [0.05, 0.1) is 11.3 Å². The molecule has 1 aliphatic heterocycles. The van der Waals surface area contributed by atoms with Crippen LogP contribution in [-0.2, 0) is 4.74 Å². The Hall–Kier alpha value is -2.80. The molecule has 0 bridgehead atoms. The van der Waals surface area contributed by atoms with Gasteiger partial charge in [0.25, 0.3) is 5.91 Å². The number of carbonyl (C=O) groups is 1. The van der Waals surface area contributed by atoms with Crippen LogP contribution in [0.4, 0.5) is 10.2 Å². The highest BCUT2D eigenvalue weighted by atomic mass is 19.1. The summed E-state index contributed by atoms with van der Waals surface area (Å²) in [6, 6.07) is 12.5. The Kier molecular flexibility index (Phi) is 5.08. The van der Waals surface area contributed by atoms with Gasteiger partial charge in [0.1, 0.15) is 24.1 Å². The smallest absolute Gasteiger partial charge is 0.256 e.